The van der Waals surface area contributed by atoms with Gasteiger partial charge in [0, 0.05) is 25.2 Å². The third kappa shape index (κ3) is 3.87. The van der Waals surface area contributed by atoms with E-state index in [1.165, 1.54) is 6.92 Å². The van der Waals surface area contributed by atoms with E-state index in [-0.39, 0.29) is 6.61 Å². The number of nitrogens with zero attached hydrogens (tertiary/aromatic N) is 3. The Kier molecular flexibility index (Phi) is 5.20. The summed E-state index contributed by atoms with van der Waals surface area (Å²) in [6.07, 6.45) is 0.973. The summed E-state index contributed by atoms with van der Waals surface area (Å²) in [6, 6.07) is 8.54. The molecule has 0 saturated heterocycles. The van der Waals surface area contributed by atoms with Crippen LogP contribution in [-0.2, 0) is 23.2 Å². The lowest BCUT2D eigenvalue weighted by Crippen LogP contribution is -2.38. The number of hydrogen-bond acceptors (Lipinski definition) is 6. The number of aryl methyl sites for hydroxylation is 1. The second-order valence-corrected chi connectivity index (χ2v) is 7.19. The first-order valence-electron chi connectivity index (χ1n) is 9.64. The molecular formula is C21H22N6O4. The number of imidazole rings is 1. The minimum absolute atomic E-state index is 0.0143. The minimum Gasteiger partial charge on any atom is -0.480 e. The van der Waals surface area contributed by atoms with Crippen molar-refractivity contribution in [1.82, 2.24) is 24.8 Å². The maximum absolute atomic E-state index is 11.8. The summed E-state index contributed by atoms with van der Waals surface area (Å²) in [7, 11) is 3.75. The monoisotopic (exact) mass is 422 g/mol. The maximum atomic E-state index is 11.8. The van der Waals surface area contributed by atoms with Crippen LogP contribution >= 0.6 is 0 Å². The molecule has 0 radical (unpaired) electrons. The highest BCUT2D eigenvalue weighted by molar-refractivity contribution is 6.07. The van der Waals surface area contributed by atoms with Gasteiger partial charge in [0.25, 0.3) is 0 Å². The molecule has 4 aromatic rings. The van der Waals surface area contributed by atoms with E-state index < -0.39 is 18.1 Å². The van der Waals surface area contributed by atoms with Crippen LogP contribution in [0, 0.1) is 0 Å². The van der Waals surface area contributed by atoms with Crippen molar-refractivity contribution in [2.24, 2.45) is 7.05 Å². The molecule has 1 atom stereocenters. The number of aromatic amines is 1. The van der Waals surface area contributed by atoms with Crippen LogP contribution < -0.4 is 10.6 Å². The lowest BCUT2D eigenvalue weighted by Gasteiger charge is -2.10. The molecule has 4 N–H and O–H groups in total. The predicted octanol–water partition coefficient (Wildman–Crippen LogP) is 2.86. The number of ether oxygens (including phenoxy) is 1. The van der Waals surface area contributed by atoms with Crippen molar-refractivity contribution in [3.05, 3.63) is 42.2 Å². The van der Waals surface area contributed by atoms with E-state index in [4.69, 9.17) is 9.84 Å². The zero-order valence-corrected chi connectivity index (χ0v) is 17.3. The van der Waals surface area contributed by atoms with E-state index in [0.29, 0.717) is 5.82 Å². The van der Waals surface area contributed by atoms with E-state index in [1.807, 2.05) is 49.0 Å². The molecular weight excluding hydrogens is 400 g/mol. The van der Waals surface area contributed by atoms with Crippen molar-refractivity contribution in [2.45, 2.75) is 19.6 Å². The average molecular weight is 422 g/mol. The van der Waals surface area contributed by atoms with Crippen molar-refractivity contribution in [1.29, 1.82) is 0 Å². The molecule has 3 aromatic heterocycles. The Labute approximate surface area is 177 Å². The number of amides is 1. The molecule has 31 heavy (non-hydrogen) atoms. The Hall–Kier alpha value is -4.08. The first kappa shape index (κ1) is 20.2. The lowest BCUT2D eigenvalue weighted by atomic mass is 10.1. The molecule has 0 aliphatic carbocycles. The normalized spacial score (nSPS) is 12.1. The molecule has 0 aliphatic rings. The zero-order chi connectivity index (χ0) is 22.1. The molecule has 10 nitrogen and oxygen atoms in total. The van der Waals surface area contributed by atoms with Crippen LogP contribution in [0.3, 0.4) is 0 Å². The van der Waals surface area contributed by atoms with Gasteiger partial charge < -0.3 is 30.0 Å². The van der Waals surface area contributed by atoms with Gasteiger partial charge >= 0.3 is 12.1 Å². The van der Waals surface area contributed by atoms with E-state index in [9.17, 15) is 9.59 Å². The third-order valence-corrected chi connectivity index (χ3v) is 4.99. The Morgan fingerprint density at radius 2 is 2.13 bits per heavy atom. The first-order valence-corrected chi connectivity index (χ1v) is 9.64. The van der Waals surface area contributed by atoms with Crippen LogP contribution in [0.25, 0.3) is 33.3 Å². The number of benzene rings is 1. The number of hydrogen-bond donors (Lipinski definition) is 4. The van der Waals surface area contributed by atoms with Crippen molar-refractivity contribution in [3.63, 3.8) is 0 Å². The number of H-pyrrole nitrogens is 1. The van der Waals surface area contributed by atoms with Crippen LogP contribution in [0.1, 0.15) is 12.5 Å². The predicted molar refractivity (Wildman–Crippen MR) is 116 cm³/mol. The standard InChI is InChI=1S/C21H22N6O4/c1-11(20(28)29)24-21(30)31-9-12-5-4-6-13(7-12)15-8-14-17-16(23-10-27(17)3)19(22-2)26-18(14)25-15/h4-8,10-11H,9H2,1-3H3,(H,24,30)(H,28,29)(H2,22,25,26)/t11-/m1/s1. The van der Waals surface area contributed by atoms with E-state index in [0.717, 1.165) is 38.9 Å². The molecule has 0 aliphatic heterocycles. The second kappa shape index (κ2) is 7.98. The van der Waals surface area contributed by atoms with Crippen LogP contribution in [0.2, 0.25) is 0 Å². The summed E-state index contributed by atoms with van der Waals surface area (Å²) >= 11 is 0. The minimum atomic E-state index is -1.13. The average Bonchev–Trinajstić information content (AvgIpc) is 3.35. The van der Waals surface area contributed by atoms with Gasteiger partial charge in [0.05, 0.1) is 11.8 Å². The van der Waals surface area contributed by atoms with Crippen LogP contribution in [0.5, 0.6) is 0 Å². The van der Waals surface area contributed by atoms with Crippen LogP contribution in [-0.4, -0.2) is 49.8 Å². The fourth-order valence-corrected chi connectivity index (χ4v) is 3.39. The van der Waals surface area contributed by atoms with E-state index in [1.54, 1.807) is 6.33 Å². The van der Waals surface area contributed by atoms with Gasteiger partial charge in [-0.2, -0.15) is 0 Å². The summed E-state index contributed by atoms with van der Waals surface area (Å²) in [5.41, 5.74) is 5.04. The molecule has 0 unspecified atom stereocenters. The Morgan fingerprint density at radius 3 is 2.87 bits per heavy atom. The SMILES string of the molecule is CNc1nc2[nH]c(-c3cccc(COC(=O)N[C@H](C)C(=O)O)c3)cc2c2c1ncn2C. The summed E-state index contributed by atoms with van der Waals surface area (Å²) in [4.78, 5) is 35.0. The molecule has 10 heteroatoms. The smallest absolute Gasteiger partial charge is 0.408 e. The number of rotatable bonds is 6. The second-order valence-electron chi connectivity index (χ2n) is 7.19. The molecule has 3 heterocycles. The zero-order valence-electron chi connectivity index (χ0n) is 17.3. The lowest BCUT2D eigenvalue weighted by molar-refractivity contribution is -0.138. The van der Waals surface area contributed by atoms with Crippen molar-refractivity contribution in [3.8, 4) is 11.3 Å². The Bertz CT molecular complexity index is 1290. The third-order valence-electron chi connectivity index (χ3n) is 4.99. The largest absolute Gasteiger partial charge is 0.480 e. The summed E-state index contributed by atoms with van der Waals surface area (Å²) < 4.78 is 7.09. The number of pyridine rings is 1. The molecule has 160 valence electrons. The van der Waals surface area contributed by atoms with Gasteiger partial charge in [-0.15, -0.1) is 0 Å². The number of aliphatic carboxylic acids is 1. The number of nitrogens with one attached hydrogen (secondary N) is 3. The maximum Gasteiger partial charge on any atom is 0.408 e. The van der Waals surface area contributed by atoms with Gasteiger partial charge in [0.1, 0.15) is 23.8 Å². The van der Waals surface area contributed by atoms with Crippen molar-refractivity contribution >= 4 is 39.9 Å². The van der Waals surface area contributed by atoms with Gasteiger partial charge in [-0.05, 0) is 30.2 Å². The summed E-state index contributed by atoms with van der Waals surface area (Å²) in [6.45, 7) is 1.38. The van der Waals surface area contributed by atoms with Crippen molar-refractivity contribution in [2.75, 3.05) is 12.4 Å². The van der Waals surface area contributed by atoms with Crippen molar-refractivity contribution < 1.29 is 19.4 Å². The molecule has 0 spiro atoms. The molecule has 1 amide bonds. The van der Waals surface area contributed by atoms with E-state index in [2.05, 4.69) is 25.6 Å². The number of fused-ring (bicyclic) bond motifs is 3. The number of anilines is 1. The fourth-order valence-electron chi connectivity index (χ4n) is 3.39. The highest BCUT2D eigenvalue weighted by Gasteiger charge is 2.16. The number of carbonyl (C=O) groups excluding carboxylic acids is 1. The fraction of sp³-hybridized carbons (Fsp3) is 0.238. The quantitative estimate of drug-likeness (QED) is 0.375. The summed E-state index contributed by atoms with van der Waals surface area (Å²) in [5, 5.41) is 15.1. The number of carboxylic acid groups (broad SMARTS) is 1. The molecule has 4 rings (SSSR count). The number of carboxylic acids is 1. The number of alkyl carbamates (subject to hydrolysis) is 1. The molecule has 0 fully saturated rings. The van der Waals surface area contributed by atoms with Gasteiger partial charge in [-0.1, -0.05) is 18.2 Å². The van der Waals surface area contributed by atoms with Gasteiger partial charge in [0.2, 0.25) is 0 Å². The Morgan fingerprint density at radius 1 is 1.32 bits per heavy atom. The molecule has 0 saturated carbocycles. The van der Waals surface area contributed by atoms with Crippen LogP contribution in [0.15, 0.2) is 36.7 Å². The topological polar surface area (TPSA) is 134 Å². The highest BCUT2D eigenvalue weighted by atomic mass is 16.5. The van der Waals surface area contributed by atoms with Gasteiger partial charge in [-0.3, -0.25) is 4.79 Å². The number of carbonyl (C=O) groups is 2. The van der Waals surface area contributed by atoms with Crippen LogP contribution in [0.4, 0.5) is 10.6 Å². The Balaban J connectivity index is 1.60. The van der Waals surface area contributed by atoms with Gasteiger partial charge in [0.15, 0.2) is 5.82 Å². The highest BCUT2D eigenvalue weighted by Crippen LogP contribution is 2.31. The molecule has 1 aromatic carbocycles. The molecule has 0 bridgehead atoms. The number of aromatic nitrogens is 4. The first-order chi connectivity index (χ1) is 14.9. The van der Waals surface area contributed by atoms with E-state index >= 15 is 0 Å². The summed E-state index contributed by atoms with van der Waals surface area (Å²) in [5.74, 6) is -0.435. The van der Waals surface area contributed by atoms with Gasteiger partial charge in [-0.25, -0.2) is 14.8 Å².